The summed E-state index contributed by atoms with van der Waals surface area (Å²) >= 11 is 0. The van der Waals surface area contributed by atoms with Crippen molar-refractivity contribution in [3.05, 3.63) is 69.1 Å². The second-order valence-electron chi connectivity index (χ2n) is 13.7. The number of hydrogen-bond acceptors (Lipinski definition) is 7. The molecule has 3 unspecified atom stereocenters. The molecule has 1 aromatic heterocycles. The van der Waals surface area contributed by atoms with Gasteiger partial charge >= 0.3 is 0 Å². The number of fused-ring (bicyclic) bond motifs is 4. The number of piperidine rings is 3. The third-order valence-electron chi connectivity index (χ3n) is 11.6. The summed E-state index contributed by atoms with van der Waals surface area (Å²) in [5.74, 6) is 4.80. The van der Waals surface area contributed by atoms with Gasteiger partial charge < -0.3 is 15.4 Å². The largest absolute Gasteiger partial charge is 0.497 e. The summed E-state index contributed by atoms with van der Waals surface area (Å²) in [5.41, 5.74) is 2.23. The molecule has 0 spiro atoms. The van der Waals surface area contributed by atoms with Gasteiger partial charge in [-0.05, 0) is 117 Å². The Morgan fingerprint density at radius 1 is 1.00 bits per heavy atom. The van der Waals surface area contributed by atoms with E-state index in [0.29, 0.717) is 41.1 Å². The molecule has 7 fully saturated rings. The van der Waals surface area contributed by atoms with Gasteiger partial charge in [-0.3, -0.25) is 19.5 Å². The van der Waals surface area contributed by atoms with E-state index in [-0.39, 0.29) is 17.5 Å². The van der Waals surface area contributed by atoms with Crippen LogP contribution in [0, 0.1) is 35.5 Å². The quantitative estimate of drug-likeness (QED) is 0.296. The second kappa shape index (κ2) is 9.69. The zero-order chi connectivity index (χ0) is 27.8. The van der Waals surface area contributed by atoms with Crippen molar-refractivity contribution in [1.82, 2.24) is 9.88 Å². The monoisotopic (exact) mass is 552 g/mol. The molecule has 6 bridgehead atoms. The highest BCUT2D eigenvalue weighted by Gasteiger charge is 2.49. The Kier molecular flexibility index (Phi) is 6.03. The number of rotatable bonds is 8. The van der Waals surface area contributed by atoms with Crippen LogP contribution in [0.15, 0.2) is 52.7 Å². The zero-order valence-corrected chi connectivity index (χ0v) is 23.9. The van der Waals surface area contributed by atoms with Crippen molar-refractivity contribution in [1.29, 1.82) is 0 Å². The highest BCUT2D eigenvalue weighted by atomic mass is 16.5. The molecule has 7 aliphatic rings. The standard InChI is InChI=1S/C34H40N4O3/c1-3-20-17-38-9-7-21(20)15-28(38)30(25-6-8-35-27-5-4-24(41-2)16-26(25)27)37-32-31(33(39)34(32)40)36-29-22-11-18-10-19(13-22)14-23(29)12-18/h3-6,8,16,18-23,28-30,36-37H,1,7,9-15,17H2,2H3/t18?,19?,20?,21?,22?,23?,28-,29?,30-/m0/s1. The zero-order valence-electron chi connectivity index (χ0n) is 23.9. The van der Waals surface area contributed by atoms with E-state index in [4.69, 9.17) is 4.74 Å². The third kappa shape index (κ3) is 4.06. The van der Waals surface area contributed by atoms with Gasteiger partial charge in [-0.25, -0.2) is 0 Å². The van der Waals surface area contributed by atoms with Gasteiger partial charge in [0, 0.05) is 30.2 Å². The minimum atomic E-state index is -0.391. The van der Waals surface area contributed by atoms with Crippen molar-refractivity contribution in [2.24, 2.45) is 35.5 Å². The highest BCUT2D eigenvalue weighted by molar-refractivity contribution is 5.85. The van der Waals surface area contributed by atoms with Gasteiger partial charge in [0.25, 0.3) is 10.9 Å². The van der Waals surface area contributed by atoms with Crippen LogP contribution in [0.5, 0.6) is 5.75 Å². The van der Waals surface area contributed by atoms with Crippen LogP contribution in [-0.4, -0.2) is 42.2 Å². The summed E-state index contributed by atoms with van der Waals surface area (Å²) in [6.45, 7) is 6.13. The molecule has 5 atom stereocenters. The minimum absolute atomic E-state index is 0.163. The molecule has 4 aliphatic carbocycles. The molecule has 2 aromatic carbocycles. The molecule has 41 heavy (non-hydrogen) atoms. The summed E-state index contributed by atoms with van der Waals surface area (Å²) in [7, 11) is 1.68. The van der Waals surface area contributed by atoms with E-state index in [9.17, 15) is 9.59 Å². The molecule has 3 saturated heterocycles. The predicted molar refractivity (Wildman–Crippen MR) is 162 cm³/mol. The van der Waals surface area contributed by atoms with E-state index in [2.05, 4.69) is 39.2 Å². The predicted octanol–water partition coefficient (Wildman–Crippen LogP) is 5.13. The molecule has 7 nitrogen and oxygen atoms in total. The number of anilines is 2. The first kappa shape index (κ1) is 25.5. The number of methoxy groups -OCH3 is 1. The van der Waals surface area contributed by atoms with Crippen molar-refractivity contribution in [3.8, 4) is 5.75 Å². The first-order valence-corrected chi connectivity index (χ1v) is 15.7. The summed E-state index contributed by atoms with van der Waals surface area (Å²) in [5, 5.41) is 8.40. The molecule has 4 saturated carbocycles. The Morgan fingerprint density at radius 3 is 2.44 bits per heavy atom. The summed E-state index contributed by atoms with van der Waals surface area (Å²) in [4.78, 5) is 33.5. The minimum Gasteiger partial charge on any atom is -0.497 e. The Morgan fingerprint density at radius 2 is 1.76 bits per heavy atom. The lowest BCUT2D eigenvalue weighted by Crippen LogP contribution is -2.56. The molecule has 3 aliphatic heterocycles. The summed E-state index contributed by atoms with van der Waals surface area (Å²) in [6, 6.07) is 8.39. The fourth-order valence-corrected chi connectivity index (χ4v) is 9.80. The van der Waals surface area contributed by atoms with E-state index in [0.717, 1.165) is 53.6 Å². The maximum Gasteiger partial charge on any atom is 0.253 e. The van der Waals surface area contributed by atoms with Crippen LogP contribution >= 0.6 is 0 Å². The lowest BCUT2D eigenvalue weighted by atomic mass is 9.54. The number of hydrogen-bond donors (Lipinski definition) is 2. The van der Waals surface area contributed by atoms with Gasteiger partial charge in [-0.2, -0.15) is 0 Å². The number of aromatic nitrogens is 1. The first-order valence-electron chi connectivity index (χ1n) is 15.7. The summed E-state index contributed by atoms with van der Waals surface area (Å²) < 4.78 is 5.59. The van der Waals surface area contributed by atoms with E-state index >= 15 is 0 Å². The van der Waals surface area contributed by atoms with Crippen LogP contribution in [0.1, 0.15) is 56.6 Å². The van der Waals surface area contributed by atoms with Crippen LogP contribution in [0.25, 0.3) is 10.9 Å². The highest BCUT2D eigenvalue weighted by Crippen LogP contribution is 2.54. The normalized spacial score (nSPS) is 36.0. The smallest absolute Gasteiger partial charge is 0.253 e. The number of ether oxygens (including phenoxy) is 1. The molecular formula is C34H40N4O3. The molecule has 7 heteroatoms. The molecule has 4 heterocycles. The van der Waals surface area contributed by atoms with Crippen LogP contribution in [0.3, 0.4) is 0 Å². The number of nitrogens with one attached hydrogen (secondary N) is 2. The summed E-state index contributed by atoms with van der Waals surface area (Å²) in [6.07, 6.45) is 12.6. The maximum absolute atomic E-state index is 13.2. The van der Waals surface area contributed by atoms with Crippen LogP contribution < -0.4 is 26.2 Å². The van der Waals surface area contributed by atoms with Crippen molar-refractivity contribution < 1.29 is 4.74 Å². The molecule has 10 rings (SSSR count). The first-order chi connectivity index (χ1) is 20.0. The van der Waals surface area contributed by atoms with E-state index in [1.54, 1.807) is 7.11 Å². The van der Waals surface area contributed by atoms with Crippen LogP contribution in [0.2, 0.25) is 0 Å². The average molecular weight is 553 g/mol. The van der Waals surface area contributed by atoms with Gasteiger partial charge in [0.05, 0.1) is 18.7 Å². The van der Waals surface area contributed by atoms with Crippen molar-refractivity contribution in [2.45, 2.75) is 63.1 Å². The molecule has 0 radical (unpaired) electrons. The van der Waals surface area contributed by atoms with Gasteiger partial charge in [-0.1, -0.05) is 6.08 Å². The Labute approximate surface area is 241 Å². The number of pyridine rings is 1. The van der Waals surface area contributed by atoms with Crippen LogP contribution in [0.4, 0.5) is 11.4 Å². The lowest BCUT2D eigenvalue weighted by molar-refractivity contribution is 0.00741. The number of benzene rings is 1. The SMILES string of the molecule is C=CC1CN2CCC1C[C@H]2[C@@H](Nc1c(NC2C3CC4CC(C3)CC2C4)c(=O)c1=O)c1ccnc2ccc(OC)cc12. The molecule has 2 N–H and O–H groups in total. The Balaban J connectivity index is 1.17. The molecular weight excluding hydrogens is 512 g/mol. The lowest BCUT2D eigenvalue weighted by Gasteiger charge is -2.54. The Hall–Kier alpha value is -3.19. The average Bonchev–Trinajstić information content (AvgIpc) is 3.01. The van der Waals surface area contributed by atoms with Gasteiger partial charge in [0.15, 0.2) is 0 Å². The number of nitrogens with zero attached hydrogens (tertiary/aromatic N) is 2. The van der Waals surface area contributed by atoms with E-state index < -0.39 is 5.43 Å². The van der Waals surface area contributed by atoms with Crippen molar-refractivity contribution in [2.75, 3.05) is 30.8 Å². The van der Waals surface area contributed by atoms with Crippen molar-refractivity contribution >= 4 is 22.3 Å². The topological polar surface area (TPSA) is 83.6 Å². The van der Waals surface area contributed by atoms with E-state index in [1.807, 2.05) is 24.4 Å². The van der Waals surface area contributed by atoms with Gasteiger partial charge in [-0.15, -0.1) is 6.58 Å². The van der Waals surface area contributed by atoms with Gasteiger partial charge in [0.1, 0.15) is 17.1 Å². The van der Waals surface area contributed by atoms with Gasteiger partial charge in [0.2, 0.25) is 0 Å². The van der Waals surface area contributed by atoms with Crippen LogP contribution in [-0.2, 0) is 0 Å². The molecule has 3 aromatic rings. The fourth-order valence-electron chi connectivity index (χ4n) is 9.80. The molecule has 214 valence electrons. The van der Waals surface area contributed by atoms with E-state index in [1.165, 1.54) is 38.5 Å². The molecule has 0 amide bonds. The van der Waals surface area contributed by atoms with Crippen molar-refractivity contribution in [3.63, 3.8) is 0 Å². The second-order valence-corrected chi connectivity index (χ2v) is 13.7. The maximum atomic E-state index is 13.2. The third-order valence-corrected chi connectivity index (χ3v) is 11.6. The fraction of sp³-hybridized carbons (Fsp3) is 0.559. The Bertz CT molecular complexity index is 1550.